The fraction of sp³-hybridized carbons (Fsp3) is 0.357. The number of rotatable bonds is 11. The third kappa shape index (κ3) is 6.70. The van der Waals surface area contributed by atoms with Crippen LogP contribution in [0.1, 0.15) is 76.5 Å². The highest BCUT2D eigenvalue weighted by Crippen LogP contribution is 2.54. The van der Waals surface area contributed by atoms with Gasteiger partial charge in [-0.1, -0.05) is 142 Å². The molecule has 1 heterocycles. The Morgan fingerprint density at radius 2 is 1.48 bits per heavy atom. The zero-order valence-electron chi connectivity index (χ0n) is 28.5. The normalized spacial score (nSPS) is 22.4. The molecule has 1 aliphatic heterocycles. The van der Waals surface area contributed by atoms with Crippen LogP contribution in [0.25, 0.3) is 0 Å². The van der Waals surface area contributed by atoms with Crippen LogP contribution in [0.3, 0.4) is 0 Å². The number of piperidine rings is 1. The second-order valence-corrected chi connectivity index (χ2v) is 20.2. The Morgan fingerprint density at radius 1 is 0.875 bits per heavy atom. The number of nitrogens with zero attached hydrogens (tertiary/aromatic N) is 1. The SMILES string of the molecule is C=CC[C@@]1(C)C[C@H](c2cccc(Cl)c2)[C@@H](c2ccc(Cl)cc2)N([C@H](CO[Si](c2ccccc2)(c2ccccc2)C(C)(C)C)C2CC2)C1=O. The zero-order valence-corrected chi connectivity index (χ0v) is 31.1. The summed E-state index contributed by atoms with van der Waals surface area (Å²) in [5.74, 6) is 0.540. The van der Waals surface area contributed by atoms with Crippen molar-refractivity contribution in [1.29, 1.82) is 0 Å². The second kappa shape index (κ2) is 14.0. The van der Waals surface area contributed by atoms with E-state index in [0.717, 1.165) is 24.0 Å². The van der Waals surface area contributed by atoms with Crippen LogP contribution in [-0.4, -0.2) is 31.8 Å². The first-order chi connectivity index (χ1) is 23.0. The minimum atomic E-state index is -2.85. The third-order valence-corrected chi connectivity index (χ3v) is 16.1. The number of benzene rings is 4. The maximum Gasteiger partial charge on any atom is 0.261 e. The van der Waals surface area contributed by atoms with Crippen LogP contribution in [0.15, 0.2) is 122 Å². The lowest BCUT2D eigenvalue weighted by Gasteiger charge is -2.53. The molecular formula is C42H47Cl2NO2Si. The van der Waals surface area contributed by atoms with Gasteiger partial charge in [-0.2, -0.15) is 0 Å². The van der Waals surface area contributed by atoms with Crippen LogP contribution in [-0.2, 0) is 9.22 Å². The van der Waals surface area contributed by atoms with Crippen LogP contribution in [0.4, 0.5) is 0 Å². The van der Waals surface area contributed by atoms with Crippen LogP contribution < -0.4 is 10.4 Å². The van der Waals surface area contributed by atoms with Crippen molar-refractivity contribution < 1.29 is 9.22 Å². The van der Waals surface area contributed by atoms with E-state index in [1.807, 2.05) is 30.3 Å². The average molecular weight is 697 g/mol. The number of carbonyl (C=O) groups is 1. The molecule has 4 atom stereocenters. The first-order valence-electron chi connectivity index (χ1n) is 17.2. The standard InChI is InChI=1S/C42H47Cl2NO2Si/c1-6-26-42(5)28-37(32-14-13-15-34(44)27-32)39(31-22-24-33(43)25-23-31)45(40(42)46)38(30-20-21-30)29-47-48(41(2,3)4,35-16-9-7-10-17-35)36-18-11-8-12-19-36/h6-19,22-25,27,30,37-39H,1,20-21,26,28-29H2,2-5H3/t37-,38-,39-,42+/m1/s1. The van der Waals surface area contributed by atoms with Crippen molar-refractivity contribution in [1.82, 2.24) is 4.90 Å². The molecule has 1 aliphatic carbocycles. The molecule has 2 aliphatic rings. The molecule has 0 bridgehead atoms. The van der Waals surface area contributed by atoms with Crippen molar-refractivity contribution in [2.75, 3.05) is 6.61 Å². The van der Waals surface area contributed by atoms with Gasteiger partial charge in [-0.3, -0.25) is 4.79 Å². The van der Waals surface area contributed by atoms with Crippen molar-refractivity contribution in [3.63, 3.8) is 0 Å². The molecule has 3 nitrogen and oxygen atoms in total. The van der Waals surface area contributed by atoms with Crippen LogP contribution in [0.5, 0.6) is 0 Å². The summed E-state index contributed by atoms with van der Waals surface area (Å²) in [6, 6.07) is 37.5. The minimum Gasteiger partial charge on any atom is -0.405 e. The van der Waals surface area contributed by atoms with Gasteiger partial charge >= 0.3 is 0 Å². The van der Waals surface area contributed by atoms with Gasteiger partial charge in [0.05, 0.1) is 24.1 Å². The molecule has 1 amide bonds. The van der Waals surface area contributed by atoms with Crippen molar-refractivity contribution in [2.45, 2.75) is 76.4 Å². The maximum absolute atomic E-state index is 15.1. The highest BCUT2D eigenvalue weighted by Gasteiger charge is 2.55. The summed E-state index contributed by atoms with van der Waals surface area (Å²) in [7, 11) is -2.85. The predicted octanol–water partition coefficient (Wildman–Crippen LogP) is 9.99. The van der Waals surface area contributed by atoms with Gasteiger partial charge in [0, 0.05) is 16.0 Å². The van der Waals surface area contributed by atoms with E-state index in [1.54, 1.807) is 0 Å². The summed E-state index contributed by atoms with van der Waals surface area (Å²) in [6.45, 7) is 13.6. The lowest BCUT2D eigenvalue weighted by molar-refractivity contribution is -0.156. The smallest absolute Gasteiger partial charge is 0.261 e. The number of hydrogen-bond acceptors (Lipinski definition) is 2. The second-order valence-electron chi connectivity index (χ2n) is 15.0. The molecule has 0 unspecified atom stereocenters. The van der Waals surface area contributed by atoms with Gasteiger partial charge < -0.3 is 9.33 Å². The largest absolute Gasteiger partial charge is 0.405 e. The van der Waals surface area contributed by atoms with E-state index in [2.05, 4.69) is 124 Å². The fourth-order valence-electron chi connectivity index (χ4n) is 8.15. The van der Waals surface area contributed by atoms with Gasteiger partial charge in [0.1, 0.15) is 0 Å². The van der Waals surface area contributed by atoms with Crippen molar-refractivity contribution in [2.24, 2.45) is 11.3 Å². The lowest BCUT2D eigenvalue weighted by atomic mass is 9.67. The number of hydrogen-bond donors (Lipinski definition) is 0. The van der Waals surface area contributed by atoms with E-state index in [9.17, 15) is 0 Å². The van der Waals surface area contributed by atoms with Crippen molar-refractivity contribution >= 4 is 47.8 Å². The Labute approximate surface area is 298 Å². The molecule has 0 spiro atoms. The zero-order chi connectivity index (χ0) is 34.1. The van der Waals surface area contributed by atoms with Gasteiger partial charge in [0.15, 0.2) is 0 Å². The fourth-order valence-corrected chi connectivity index (χ4v) is 13.0. The van der Waals surface area contributed by atoms with E-state index in [1.165, 1.54) is 10.4 Å². The summed E-state index contributed by atoms with van der Waals surface area (Å²) in [4.78, 5) is 17.4. The van der Waals surface area contributed by atoms with Gasteiger partial charge in [-0.05, 0) is 82.4 Å². The highest BCUT2D eigenvalue weighted by molar-refractivity contribution is 6.99. The first-order valence-corrected chi connectivity index (χ1v) is 19.8. The van der Waals surface area contributed by atoms with Gasteiger partial charge in [0.2, 0.25) is 5.91 Å². The molecule has 1 saturated heterocycles. The number of amides is 1. The molecule has 1 saturated carbocycles. The Morgan fingerprint density at radius 3 is 2.00 bits per heavy atom. The molecule has 0 aromatic heterocycles. The number of carbonyl (C=O) groups excluding carboxylic acids is 1. The van der Waals surface area contributed by atoms with Crippen molar-refractivity contribution in [3.8, 4) is 0 Å². The molecular weight excluding hydrogens is 649 g/mol. The average Bonchev–Trinajstić information content (AvgIpc) is 3.91. The minimum absolute atomic E-state index is 0.0154. The molecule has 4 aromatic rings. The topological polar surface area (TPSA) is 29.5 Å². The molecule has 6 rings (SSSR count). The molecule has 2 fully saturated rings. The summed E-state index contributed by atoms with van der Waals surface area (Å²) in [5, 5.41) is 3.69. The first kappa shape index (κ1) is 34.7. The molecule has 0 radical (unpaired) electrons. The molecule has 4 aromatic carbocycles. The van der Waals surface area contributed by atoms with Crippen LogP contribution in [0, 0.1) is 11.3 Å². The summed E-state index contributed by atoms with van der Waals surface area (Å²) in [6.07, 6.45) is 5.34. The van der Waals surface area contributed by atoms with E-state index >= 15 is 4.79 Å². The molecule has 0 N–H and O–H groups in total. The Hall–Kier alpha value is -3.15. The molecule has 250 valence electrons. The Bertz CT molecular complexity index is 1680. The quantitative estimate of drug-likeness (QED) is 0.115. The number of allylic oxidation sites excluding steroid dienone is 1. The lowest BCUT2D eigenvalue weighted by Crippen LogP contribution is -2.68. The monoisotopic (exact) mass is 695 g/mol. The number of halogens is 2. The maximum atomic E-state index is 15.1. The van der Waals surface area contributed by atoms with Crippen LogP contribution in [0.2, 0.25) is 15.1 Å². The predicted molar refractivity (Wildman–Crippen MR) is 203 cm³/mol. The Kier molecular flexibility index (Phi) is 10.1. The third-order valence-electron chi connectivity index (χ3n) is 10.6. The van der Waals surface area contributed by atoms with Gasteiger partial charge in [-0.15, -0.1) is 6.58 Å². The summed E-state index contributed by atoms with van der Waals surface area (Å²) < 4.78 is 7.61. The van der Waals surface area contributed by atoms with Crippen LogP contribution >= 0.6 is 23.2 Å². The highest BCUT2D eigenvalue weighted by atomic mass is 35.5. The van der Waals surface area contributed by atoms with E-state index in [0.29, 0.717) is 35.4 Å². The van der Waals surface area contributed by atoms with E-state index in [4.69, 9.17) is 27.6 Å². The number of likely N-dealkylation sites (tertiary alicyclic amines) is 1. The van der Waals surface area contributed by atoms with E-state index < -0.39 is 13.7 Å². The molecule has 48 heavy (non-hydrogen) atoms. The Balaban J connectivity index is 1.51. The van der Waals surface area contributed by atoms with E-state index in [-0.39, 0.29) is 28.9 Å². The van der Waals surface area contributed by atoms with Crippen molar-refractivity contribution in [3.05, 3.63) is 143 Å². The summed E-state index contributed by atoms with van der Waals surface area (Å²) >= 11 is 13.1. The van der Waals surface area contributed by atoms with Gasteiger partial charge in [0.25, 0.3) is 8.32 Å². The van der Waals surface area contributed by atoms with Gasteiger partial charge in [-0.25, -0.2) is 0 Å². The molecule has 6 heteroatoms. The summed E-state index contributed by atoms with van der Waals surface area (Å²) in [5.41, 5.74) is 1.59.